The van der Waals surface area contributed by atoms with Crippen molar-refractivity contribution in [3.05, 3.63) is 101 Å². The van der Waals surface area contributed by atoms with Crippen molar-refractivity contribution in [2.45, 2.75) is 31.3 Å². The second kappa shape index (κ2) is 16.9. The Hall–Kier alpha value is -5.53. The maximum absolute atomic E-state index is 13.7. The average Bonchev–Trinajstić information content (AvgIpc) is 3.03. The highest BCUT2D eigenvalue weighted by Gasteiger charge is 2.28. The van der Waals surface area contributed by atoms with Crippen molar-refractivity contribution in [1.82, 2.24) is 21.3 Å². The second-order valence-corrected chi connectivity index (χ2v) is 9.59. The molecule has 0 aromatic heterocycles. The van der Waals surface area contributed by atoms with Crippen LogP contribution in [0.15, 0.2) is 77.8 Å². The highest BCUT2D eigenvalue weighted by atomic mass is 19.1. The van der Waals surface area contributed by atoms with Gasteiger partial charge in [0.1, 0.15) is 23.4 Å². The smallest absolute Gasteiger partial charge is 0.413 e. The summed E-state index contributed by atoms with van der Waals surface area (Å²) in [5, 5.41) is 19.5. The number of nitrogens with zero attached hydrogens (tertiary/aromatic N) is 1. The van der Waals surface area contributed by atoms with Gasteiger partial charge in [-0.1, -0.05) is 36.4 Å². The summed E-state index contributed by atoms with van der Waals surface area (Å²) in [7, 11) is 2.25. The lowest BCUT2D eigenvalue weighted by atomic mass is 9.90. The van der Waals surface area contributed by atoms with Crippen LogP contribution in [0.5, 0.6) is 5.75 Å². The first-order chi connectivity index (χ1) is 21.6. The molecule has 5 N–H and O–H groups in total. The van der Waals surface area contributed by atoms with Crippen molar-refractivity contribution in [3.63, 3.8) is 0 Å². The quantitative estimate of drug-likeness (QED) is 0.124. The Bertz CT molecular complexity index is 1420. The fraction of sp³-hybridized carbons (Fsp3) is 0.258. The molecular formula is C31H33F2N5O7. The number of aromatic hydroxyl groups is 1. The summed E-state index contributed by atoms with van der Waals surface area (Å²) in [5.74, 6) is -3.33. The molecule has 12 nitrogen and oxygen atoms in total. The van der Waals surface area contributed by atoms with Crippen LogP contribution in [0.4, 0.5) is 18.4 Å². The van der Waals surface area contributed by atoms with Crippen LogP contribution in [0.2, 0.25) is 0 Å². The molecule has 0 aliphatic heterocycles. The van der Waals surface area contributed by atoms with Crippen LogP contribution in [0.1, 0.15) is 35.4 Å². The number of hydrogen-bond donors (Lipinski definition) is 5. The standard InChI is InChI=1S/C31H33F2N5O7/c1-44-30(42)37-29(38-31(43)45-2)34-17-3-4-25(27(40)35-18-19-5-15-24(39)16-6-19)36-28(41)26(20-7-11-22(32)12-8-20)21-9-13-23(33)14-10-21/h5-16,25-26,39H,3-4,17-18H2,1-2H3,(H,35,40)(H,36,41)(H2,34,37,38,42,43). The number of amides is 4. The second-order valence-electron chi connectivity index (χ2n) is 9.59. The maximum atomic E-state index is 13.7. The summed E-state index contributed by atoms with van der Waals surface area (Å²) in [6, 6.07) is 15.6. The molecule has 0 aliphatic rings. The van der Waals surface area contributed by atoms with Gasteiger partial charge in [0.2, 0.25) is 17.8 Å². The van der Waals surface area contributed by atoms with Crippen LogP contribution in [0, 0.1) is 11.6 Å². The highest BCUT2D eigenvalue weighted by molar-refractivity contribution is 6.01. The number of methoxy groups -OCH3 is 2. The van der Waals surface area contributed by atoms with E-state index in [1.54, 1.807) is 12.1 Å². The molecule has 3 aromatic carbocycles. The molecule has 14 heteroatoms. The largest absolute Gasteiger partial charge is 0.508 e. The van der Waals surface area contributed by atoms with Crippen molar-refractivity contribution in [1.29, 1.82) is 0 Å². The minimum absolute atomic E-state index is 0.000285. The van der Waals surface area contributed by atoms with Gasteiger partial charge in [0.25, 0.3) is 0 Å². The molecule has 0 saturated heterocycles. The van der Waals surface area contributed by atoms with Crippen LogP contribution in [0.3, 0.4) is 0 Å². The van der Waals surface area contributed by atoms with E-state index in [1.165, 1.54) is 60.7 Å². The summed E-state index contributed by atoms with van der Waals surface area (Å²) < 4.78 is 36.4. The number of carbonyl (C=O) groups excluding carboxylic acids is 4. The number of aliphatic imine (C=N–C) groups is 1. The van der Waals surface area contributed by atoms with Gasteiger partial charge in [0, 0.05) is 13.1 Å². The summed E-state index contributed by atoms with van der Waals surface area (Å²) in [6.07, 6.45) is -1.52. The number of hydrogen-bond acceptors (Lipinski definition) is 8. The first-order valence-corrected chi connectivity index (χ1v) is 13.7. The minimum atomic E-state index is -1.08. The monoisotopic (exact) mass is 625 g/mol. The lowest BCUT2D eigenvalue weighted by Crippen LogP contribution is -2.48. The Labute approximate surface area is 257 Å². The number of nitrogens with one attached hydrogen (secondary N) is 4. The van der Waals surface area contributed by atoms with E-state index >= 15 is 0 Å². The summed E-state index contributed by atoms with van der Waals surface area (Å²) in [4.78, 5) is 54.4. The van der Waals surface area contributed by atoms with E-state index in [1.807, 2.05) is 0 Å². The molecular weight excluding hydrogens is 592 g/mol. The number of rotatable bonds is 11. The van der Waals surface area contributed by atoms with Crippen molar-refractivity contribution in [3.8, 4) is 5.75 Å². The molecule has 0 spiro atoms. The fourth-order valence-electron chi connectivity index (χ4n) is 4.15. The zero-order chi connectivity index (χ0) is 32.8. The Kier molecular flexibility index (Phi) is 12.8. The average molecular weight is 626 g/mol. The van der Waals surface area contributed by atoms with E-state index in [0.717, 1.165) is 14.2 Å². The number of benzene rings is 3. The predicted molar refractivity (Wildman–Crippen MR) is 159 cm³/mol. The number of carbonyl (C=O) groups is 4. The van der Waals surface area contributed by atoms with Crippen molar-refractivity contribution < 1.29 is 42.5 Å². The third-order valence-electron chi connectivity index (χ3n) is 6.44. The molecule has 238 valence electrons. The molecule has 1 atom stereocenters. The van der Waals surface area contributed by atoms with Crippen molar-refractivity contribution in [2.75, 3.05) is 20.8 Å². The number of alkyl carbamates (subject to hydrolysis) is 2. The van der Waals surface area contributed by atoms with Crippen molar-refractivity contribution >= 4 is 30.0 Å². The molecule has 45 heavy (non-hydrogen) atoms. The zero-order valence-corrected chi connectivity index (χ0v) is 24.5. The number of halogens is 2. The van der Waals surface area contributed by atoms with Crippen molar-refractivity contribution in [2.24, 2.45) is 4.99 Å². The van der Waals surface area contributed by atoms with Crippen LogP contribution in [0.25, 0.3) is 0 Å². The maximum Gasteiger partial charge on any atom is 0.413 e. The molecule has 0 fully saturated rings. The molecule has 3 aromatic rings. The van der Waals surface area contributed by atoms with Crippen LogP contribution in [-0.4, -0.2) is 61.9 Å². The van der Waals surface area contributed by atoms with E-state index in [-0.39, 0.29) is 37.6 Å². The molecule has 3 rings (SSSR count). The molecule has 1 unspecified atom stereocenters. The molecule has 0 bridgehead atoms. The van der Waals surface area contributed by atoms with Gasteiger partial charge < -0.3 is 25.2 Å². The Morgan fingerprint density at radius 3 is 1.78 bits per heavy atom. The van der Waals surface area contributed by atoms with Gasteiger partial charge in [0.05, 0.1) is 20.1 Å². The third-order valence-corrected chi connectivity index (χ3v) is 6.44. The van der Waals surface area contributed by atoms with E-state index in [9.17, 15) is 33.1 Å². The Balaban J connectivity index is 1.82. The molecule has 4 amide bonds. The Morgan fingerprint density at radius 1 is 0.778 bits per heavy atom. The van der Waals surface area contributed by atoms with E-state index in [2.05, 4.69) is 35.7 Å². The zero-order valence-electron chi connectivity index (χ0n) is 24.5. The number of phenolic OH excluding ortho intramolecular Hbond substituents is 1. The minimum Gasteiger partial charge on any atom is -0.508 e. The van der Waals surface area contributed by atoms with Gasteiger partial charge in [-0.3, -0.25) is 25.2 Å². The molecule has 0 radical (unpaired) electrons. The van der Waals surface area contributed by atoms with E-state index in [0.29, 0.717) is 16.7 Å². The van der Waals surface area contributed by atoms with Gasteiger partial charge in [-0.25, -0.2) is 18.4 Å². The van der Waals surface area contributed by atoms with Crippen LogP contribution >= 0.6 is 0 Å². The first-order valence-electron chi connectivity index (χ1n) is 13.7. The normalized spacial score (nSPS) is 11.1. The van der Waals surface area contributed by atoms with Gasteiger partial charge in [-0.2, -0.15) is 0 Å². The summed E-state index contributed by atoms with van der Waals surface area (Å²) >= 11 is 0. The van der Waals surface area contributed by atoms with Gasteiger partial charge in [0.15, 0.2) is 0 Å². The number of phenols is 1. The predicted octanol–water partition coefficient (Wildman–Crippen LogP) is 3.45. The molecule has 0 aliphatic carbocycles. The third kappa shape index (κ3) is 10.9. The molecule has 0 heterocycles. The van der Waals surface area contributed by atoms with Gasteiger partial charge in [-0.05, 0) is 65.9 Å². The van der Waals surface area contributed by atoms with Crippen LogP contribution in [-0.2, 0) is 25.6 Å². The topological polar surface area (TPSA) is 167 Å². The van der Waals surface area contributed by atoms with E-state index in [4.69, 9.17) is 0 Å². The van der Waals surface area contributed by atoms with Gasteiger partial charge >= 0.3 is 12.2 Å². The molecule has 0 saturated carbocycles. The summed E-state index contributed by atoms with van der Waals surface area (Å²) in [6.45, 7) is 0.0967. The highest BCUT2D eigenvalue weighted by Crippen LogP contribution is 2.26. The van der Waals surface area contributed by atoms with Gasteiger partial charge in [-0.15, -0.1) is 0 Å². The number of ether oxygens (including phenoxy) is 2. The Morgan fingerprint density at radius 2 is 1.29 bits per heavy atom. The first kappa shape index (κ1) is 34.0. The van der Waals surface area contributed by atoms with Crippen LogP contribution < -0.4 is 21.3 Å². The SMILES string of the molecule is COC(=O)NC(=NCCCC(NC(=O)C(c1ccc(F)cc1)c1ccc(F)cc1)C(=O)NCc1ccc(O)cc1)NC(=O)OC. The number of guanidine groups is 1. The summed E-state index contributed by atoms with van der Waals surface area (Å²) in [5.41, 5.74) is 1.53. The van der Waals surface area contributed by atoms with E-state index < -0.39 is 47.6 Å². The fourth-order valence-corrected chi connectivity index (χ4v) is 4.15. The lowest BCUT2D eigenvalue weighted by molar-refractivity contribution is -0.129. The lowest BCUT2D eigenvalue weighted by Gasteiger charge is -2.23.